The number of tetrazole rings is 1. The van der Waals surface area contributed by atoms with E-state index in [0.29, 0.717) is 11.4 Å². The molecule has 0 atom stereocenters. The number of aromatic nitrogens is 4. The number of benzene rings is 2. The maximum absolute atomic E-state index is 12.2. The quantitative estimate of drug-likeness (QED) is 0.805. The molecular weight excluding hydrogens is 278 g/mol. The molecule has 0 saturated heterocycles. The van der Waals surface area contributed by atoms with Crippen molar-refractivity contribution < 1.29 is 4.79 Å². The summed E-state index contributed by atoms with van der Waals surface area (Å²) in [4.78, 5) is 12.2. The van der Waals surface area contributed by atoms with Crippen LogP contribution < -0.4 is 5.32 Å². The number of amides is 1. The van der Waals surface area contributed by atoms with Gasteiger partial charge >= 0.3 is 0 Å². The Balaban J connectivity index is 1.78. The van der Waals surface area contributed by atoms with Crippen molar-refractivity contribution in [3.05, 3.63) is 59.7 Å². The minimum atomic E-state index is -0.145. The summed E-state index contributed by atoms with van der Waals surface area (Å²) in [6.45, 7) is 1.99. The molecule has 110 valence electrons. The van der Waals surface area contributed by atoms with E-state index >= 15 is 0 Å². The summed E-state index contributed by atoms with van der Waals surface area (Å²) in [6, 6.07) is 14.9. The van der Waals surface area contributed by atoms with Gasteiger partial charge in [-0.15, -0.1) is 5.10 Å². The highest BCUT2D eigenvalue weighted by atomic mass is 16.1. The first-order valence-electron chi connectivity index (χ1n) is 6.84. The number of rotatable bonds is 3. The lowest BCUT2D eigenvalue weighted by atomic mass is 10.1. The van der Waals surface area contributed by atoms with Crippen molar-refractivity contribution in [2.75, 3.05) is 5.32 Å². The summed E-state index contributed by atoms with van der Waals surface area (Å²) in [6.07, 6.45) is 0. The highest BCUT2D eigenvalue weighted by molar-refractivity contribution is 6.04. The lowest BCUT2D eigenvalue weighted by Gasteiger charge is -2.06. The van der Waals surface area contributed by atoms with E-state index in [1.807, 2.05) is 43.3 Å². The molecule has 0 aliphatic carbocycles. The number of aryl methyl sites for hydroxylation is 2. The van der Waals surface area contributed by atoms with Crippen molar-refractivity contribution >= 4 is 11.6 Å². The van der Waals surface area contributed by atoms with Gasteiger partial charge in [0.2, 0.25) is 0 Å². The van der Waals surface area contributed by atoms with Crippen LogP contribution in [0.25, 0.3) is 11.4 Å². The summed E-state index contributed by atoms with van der Waals surface area (Å²) in [5.41, 5.74) is 3.33. The molecule has 6 heteroatoms. The largest absolute Gasteiger partial charge is 0.322 e. The van der Waals surface area contributed by atoms with Crippen LogP contribution >= 0.6 is 0 Å². The predicted molar refractivity (Wildman–Crippen MR) is 83.4 cm³/mol. The van der Waals surface area contributed by atoms with Crippen LogP contribution in [0.5, 0.6) is 0 Å². The van der Waals surface area contributed by atoms with Crippen LogP contribution in [0, 0.1) is 6.92 Å². The zero-order valence-corrected chi connectivity index (χ0v) is 12.3. The highest BCUT2D eigenvalue weighted by Crippen LogP contribution is 2.17. The molecule has 2 aromatic carbocycles. The van der Waals surface area contributed by atoms with Gasteiger partial charge < -0.3 is 5.32 Å². The molecule has 1 heterocycles. The van der Waals surface area contributed by atoms with Gasteiger partial charge in [-0.1, -0.05) is 24.3 Å². The smallest absolute Gasteiger partial charge is 0.255 e. The Labute approximate surface area is 127 Å². The van der Waals surface area contributed by atoms with Gasteiger partial charge in [-0.05, 0) is 47.2 Å². The second kappa shape index (κ2) is 5.77. The zero-order chi connectivity index (χ0) is 15.5. The van der Waals surface area contributed by atoms with Gasteiger partial charge in [0.1, 0.15) is 0 Å². The molecule has 1 amide bonds. The van der Waals surface area contributed by atoms with Crippen molar-refractivity contribution in [3.63, 3.8) is 0 Å². The van der Waals surface area contributed by atoms with Crippen LogP contribution in [0.1, 0.15) is 15.9 Å². The molecule has 22 heavy (non-hydrogen) atoms. The Kier molecular flexibility index (Phi) is 3.65. The van der Waals surface area contributed by atoms with Gasteiger partial charge in [-0.2, -0.15) is 0 Å². The summed E-state index contributed by atoms with van der Waals surface area (Å²) >= 11 is 0. The van der Waals surface area contributed by atoms with E-state index in [0.717, 1.165) is 16.8 Å². The number of anilines is 1. The van der Waals surface area contributed by atoms with E-state index < -0.39 is 0 Å². The normalized spacial score (nSPS) is 10.5. The summed E-state index contributed by atoms with van der Waals surface area (Å²) in [5, 5.41) is 14.2. The van der Waals surface area contributed by atoms with Gasteiger partial charge in [-0.3, -0.25) is 4.79 Å². The summed E-state index contributed by atoms with van der Waals surface area (Å²) in [5.74, 6) is 0.513. The third-order valence-electron chi connectivity index (χ3n) is 3.30. The number of carbonyl (C=O) groups is 1. The van der Waals surface area contributed by atoms with Crippen LogP contribution in [0.2, 0.25) is 0 Å². The van der Waals surface area contributed by atoms with Gasteiger partial charge in [-0.25, -0.2) is 4.68 Å². The SMILES string of the molecule is Cc1cccc(NC(=O)c2ccc(-c3nnnn3C)cc2)c1. The third kappa shape index (κ3) is 2.85. The highest BCUT2D eigenvalue weighted by Gasteiger charge is 2.09. The first kappa shape index (κ1) is 13.9. The van der Waals surface area contributed by atoms with Gasteiger partial charge in [0.25, 0.3) is 5.91 Å². The van der Waals surface area contributed by atoms with Crippen molar-refractivity contribution in [2.24, 2.45) is 7.05 Å². The van der Waals surface area contributed by atoms with E-state index in [1.165, 1.54) is 0 Å². The predicted octanol–water partition coefficient (Wildman–Crippen LogP) is 2.44. The van der Waals surface area contributed by atoms with E-state index in [1.54, 1.807) is 23.9 Å². The fraction of sp³-hybridized carbons (Fsp3) is 0.125. The van der Waals surface area contributed by atoms with Crippen LogP contribution in [-0.2, 0) is 7.05 Å². The van der Waals surface area contributed by atoms with Gasteiger partial charge in [0, 0.05) is 23.9 Å². The molecule has 3 aromatic rings. The first-order valence-corrected chi connectivity index (χ1v) is 6.84. The van der Waals surface area contributed by atoms with E-state index in [-0.39, 0.29) is 5.91 Å². The fourth-order valence-corrected chi connectivity index (χ4v) is 2.17. The van der Waals surface area contributed by atoms with E-state index in [2.05, 4.69) is 20.8 Å². The van der Waals surface area contributed by atoms with Crippen LogP contribution in [0.3, 0.4) is 0 Å². The maximum Gasteiger partial charge on any atom is 0.255 e. The third-order valence-corrected chi connectivity index (χ3v) is 3.30. The molecule has 0 radical (unpaired) electrons. The van der Waals surface area contributed by atoms with Crippen molar-refractivity contribution in [2.45, 2.75) is 6.92 Å². The molecule has 0 aliphatic rings. The fourth-order valence-electron chi connectivity index (χ4n) is 2.17. The second-order valence-electron chi connectivity index (χ2n) is 5.03. The average Bonchev–Trinajstić information content (AvgIpc) is 2.93. The number of hydrogen-bond donors (Lipinski definition) is 1. The van der Waals surface area contributed by atoms with Crippen molar-refractivity contribution in [1.29, 1.82) is 0 Å². The molecule has 0 saturated carbocycles. The molecule has 1 N–H and O–H groups in total. The maximum atomic E-state index is 12.2. The standard InChI is InChI=1S/C16H15N5O/c1-11-4-3-5-14(10-11)17-16(22)13-8-6-12(7-9-13)15-18-19-20-21(15)2/h3-10H,1-2H3,(H,17,22). The molecule has 1 aromatic heterocycles. The topological polar surface area (TPSA) is 72.7 Å². The van der Waals surface area contributed by atoms with Crippen LogP contribution in [-0.4, -0.2) is 26.1 Å². The molecular formula is C16H15N5O. The number of carbonyl (C=O) groups excluding carboxylic acids is 1. The Morgan fingerprint density at radius 3 is 2.55 bits per heavy atom. The molecule has 0 fully saturated rings. The van der Waals surface area contributed by atoms with Gasteiger partial charge in [0.05, 0.1) is 0 Å². The Bertz CT molecular complexity index is 807. The summed E-state index contributed by atoms with van der Waals surface area (Å²) < 4.78 is 1.59. The molecule has 0 unspecified atom stereocenters. The monoisotopic (exact) mass is 293 g/mol. The molecule has 6 nitrogen and oxygen atoms in total. The van der Waals surface area contributed by atoms with Crippen molar-refractivity contribution in [3.8, 4) is 11.4 Å². The van der Waals surface area contributed by atoms with E-state index in [9.17, 15) is 4.79 Å². The minimum Gasteiger partial charge on any atom is -0.322 e. The lowest BCUT2D eigenvalue weighted by Crippen LogP contribution is -2.11. The number of nitrogens with one attached hydrogen (secondary N) is 1. The van der Waals surface area contributed by atoms with Crippen molar-refractivity contribution in [1.82, 2.24) is 20.2 Å². The Morgan fingerprint density at radius 2 is 1.91 bits per heavy atom. The van der Waals surface area contributed by atoms with Gasteiger partial charge in [0.15, 0.2) is 5.82 Å². The average molecular weight is 293 g/mol. The minimum absolute atomic E-state index is 0.145. The summed E-state index contributed by atoms with van der Waals surface area (Å²) in [7, 11) is 1.77. The number of hydrogen-bond acceptors (Lipinski definition) is 4. The van der Waals surface area contributed by atoms with Crippen LogP contribution in [0.15, 0.2) is 48.5 Å². The Morgan fingerprint density at radius 1 is 1.14 bits per heavy atom. The lowest BCUT2D eigenvalue weighted by molar-refractivity contribution is 0.102. The van der Waals surface area contributed by atoms with E-state index in [4.69, 9.17) is 0 Å². The molecule has 0 bridgehead atoms. The Hall–Kier alpha value is -3.02. The second-order valence-corrected chi connectivity index (χ2v) is 5.03. The first-order chi connectivity index (χ1) is 10.6. The van der Waals surface area contributed by atoms with Crippen LogP contribution in [0.4, 0.5) is 5.69 Å². The zero-order valence-electron chi connectivity index (χ0n) is 12.3. The number of nitrogens with zero attached hydrogens (tertiary/aromatic N) is 4. The molecule has 0 aliphatic heterocycles. The molecule has 3 rings (SSSR count). The molecule has 0 spiro atoms.